The van der Waals surface area contributed by atoms with Crippen LogP contribution in [0.4, 0.5) is 10.1 Å². The molecule has 21 heavy (non-hydrogen) atoms. The third kappa shape index (κ3) is 4.91. The molecule has 0 saturated heterocycles. The summed E-state index contributed by atoms with van der Waals surface area (Å²) in [6, 6.07) is 7.98. The molecule has 0 aliphatic heterocycles. The van der Waals surface area contributed by atoms with Crippen LogP contribution in [0.3, 0.4) is 0 Å². The number of rotatable bonds is 5. The average molecular weight is 345 g/mol. The summed E-state index contributed by atoms with van der Waals surface area (Å²) in [5.41, 5.74) is 5.92. The smallest absolute Gasteiger partial charge is 0.233 e. The first-order valence-electron chi connectivity index (χ1n) is 6.11. The summed E-state index contributed by atoms with van der Waals surface area (Å²) in [7, 11) is 1.73. The lowest BCUT2D eigenvalue weighted by Crippen LogP contribution is -2.27. The van der Waals surface area contributed by atoms with E-state index in [4.69, 9.17) is 17.3 Å². The van der Waals surface area contributed by atoms with Crippen LogP contribution in [0, 0.1) is 5.82 Å². The van der Waals surface area contributed by atoms with Crippen molar-refractivity contribution in [2.24, 2.45) is 0 Å². The van der Waals surface area contributed by atoms with Gasteiger partial charge in [-0.1, -0.05) is 11.6 Å². The number of nitrogens with two attached hydrogens (primary N) is 1. The number of nitrogen functional groups attached to an aromatic ring is 1. The highest BCUT2D eigenvalue weighted by molar-refractivity contribution is 8.00. The van der Waals surface area contributed by atoms with Gasteiger partial charge in [0.1, 0.15) is 5.82 Å². The Morgan fingerprint density at radius 3 is 2.81 bits per heavy atom. The first-order valence-corrected chi connectivity index (χ1v) is 8.29. The summed E-state index contributed by atoms with van der Waals surface area (Å²) in [6.45, 7) is 0.516. The van der Waals surface area contributed by atoms with Gasteiger partial charge in [0.25, 0.3) is 0 Å². The van der Waals surface area contributed by atoms with Crippen LogP contribution in [0.15, 0.2) is 35.2 Å². The quantitative estimate of drug-likeness (QED) is 0.661. The Balaban J connectivity index is 1.88. The van der Waals surface area contributed by atoms with Crippen LogP contribution in [0.2, 0.25) is 4.34 Å². The summed E-state index contributed by atoms with van der Waals surface area (Å²) in [4.78, 5) is 15.3. The van der Waals surface area contributed by atoms with Gasteiger partial charge in [-0.2, -0.15) is 0 Å². The van der Waals surface area contributed by atoms with Crippen LogP contribution in [-0.4, -0.2) is 23.6 Å². The van der Waals surface area contributed by atoms with Crippen molar-refractivity contribution in [3.05, 3.63) is 45.4 Å². The molecule has 0 fully saturated rings. The van der Waals surface area contributed by atoms with E-state index in [0.717, 1.165) is 4.88 Å². The highest BCUT2D eigenvalue weighted by atomic mass is 35.5. The Bertz CT molecular complexity index is 627. The number of carbonyl (C=O) groups is 1. The molecule has 0 aliphatic carbocycles. The van der Waals surface area contributed by atoms with Gasteiger partial charge in [0.15, 0.2) is 0 Å². The average Bonchev–Trinajstić information content (AvgIpc) is 2.80. The molecule has 1 amide bonds. The number of halogens is 2. The van der Waals surface area contributed by atoms with Gasteiger partial charge in [-0.15, -0.1) is 23.1 Å². The molecule has 0 atom stereocenters. The van der Waals surface area contributed by atoms with Crippen molar-refractivity contribution in [1.82, 2.24) is 4.90 Å². The zero-order valence-electron chi connectivity index (χ0n) is 11.3. The second kappa shape index (κ2) is 7.15. The fourth-order valence-corrected chi connectivity index (χ4v) is 3.75. The first kappa shape index (κ1) is 16.1. The van der Waals surface area contributed by atoms with E-state index in [2.05, 4.69) is 0 Å². The molecule has 2 rings (SSSR count). The number of amides is 1. The molecule has 7 heteroatoms. The zero-order chi connectivity index (χ0) is 15.4. The number of carbonyl (C=O) groups excluding carboxylic acids is 1. The lowest BCUT2D eigenvalue weighted by molar-refractivity contribution is -0.127. The number of thioether (sulfide) groups is 1. The van der Waals surface area contributed by atoms with Crippen molar-refractivity contribution in [1.29, 1.82) is 0 Å². The van der Waals surface area contributed by atoms with E-state index in [1.807, 2.05) is 12.1 Å². The van der Waals surface area contributed by atoms with Gasteiger partial charge in [-0.25, -0.2) is 4.39 Å². The Morgan fingerprint density at radius 1 is 1.43 bits per heavy atom. The largest absolute Gasteiger partial charge is 0.399 e. The van der Waals surface area contributed by atoms with Crippen LogP contribution >= 0.6 is 34.7 Å². The second-order valence-corrected chi connectivity index (χ2v) is 7.31. The summed E-state index contributed by atoms with van der Waals surface area (Å²) in [6.07, 6.45) is 0. The molecule has 0 spiro atoms. The van der Waals surface area contributed by atoms with Crippen molar-refractivity contribution < 1.29 is 9.18 Å². The zero-order valence-corrected chi connectivity index (χ0v) is 13.7. The maximum absolute atomic E-state index is 13.2. The van der Waals surface area contributed by atoms with E-state index in [0.29, 0.717) is 21.5 Å². The molecule has 0 radical (unpaired) electrons. The monoisotopic (exact) mass is 344 g/mol. The second-order valence-electron chi connectivity index (χ2n) is 4.46. The van der Waals surface area contributed by atoms with Gasteiger partial charge >= 0.3 is 0 Å². The molecule has 112 valence electrons. The topological polar surface area (TPSA) is 46.3 Å². The van der Waals surface area contributed by atoms with Gasteiger partial charge < -0.3 is 10.6 Å². The maximum atomic E-state index is 13.2. The fourth-order valence-electron chi connectivity index (χ4n) is 1.68. The normalized spacial score (nSPS) is 10.6. The predicted molar refractivity (Wildman–Crippen MR) is 87.3 cm³/mol. The molecule has 3 nitrogen and oxygen atoms in total. The standard InChI is InChI=1S/C14H14ClFN2OS2/c1-18(7-11-2-3-13(15)21-11)14(19)8-20-12-5-9(16)4-10(17)6-12/h2-6H,7-8,17H2,1H3. The van der Waals surface area contributed by atoms with E-state index in [9.17, 15) is 9.18 Å². The molecule has 2 N–H and O–H groups in total. The van der Waals surface area contributed by atoms with Gasteiger partial charge in [0.2, 0.25) is 5.91 Å². The molecule has 1 aromatic carbocycles. The molecule has 0 aliphatic rings. The minimum atomic E-state index is -0.397. The number of anilines is 1. The third-order valence-electron chi connectivity index (χ3n) is 2.70. The number of hydrogen-bond donors (Lipinski definition) is 1. The van der Waals surface area contributed by atoms with Gasteiger partial charge in [0, 0.05) is 22.5 Å². The van der Waals surface area contributed by atoms with E-state index in [1.165, 1.54) is 35.2 Å². The Labute approximate surface area is 135 Å². The highest BCUT2D eigenvalue weighted by Gasteiger charge is 2.11. The van der Waals surface area contributed by atoms with Crippen LogP contribution in [0.5, 0.6) is 0 Å². The summed E-state index contributed by atoms with van der Waals surface area (Å²) in [5, 5.41) is 0. The Kier molecular flexibility index (Phi) is 5.50. The van der Waals surface area contributed by atoms with Gasteiger partial charge in [0.05, 0.1) is 16.6 Å². The van der Waals surface area contributed by atoms with Gasteiger partial charge in [-0.05, 0) is 30.3 Å². The van der Waals surface area contributed by atoms with Crippen LogP contribution in [0.25, 0.3) is 0 Å². The SMILES string of the molecule is CN(Cc1ccc(Cl)s1)C(=O)CSc1cc(N)cc(F)c1. The molecule has 1 heterocycles. The molecule has 0 saturated carbocycles. The van der Waals surface area contributed by atoms with Crippen molar-refractivity contribution in [2.45, 2.75) is 11.4 Å². The van der Waals surface area contributed by atoms with Crippen LogP contribution in [0.1, 0.15) is 4.88 Å². The summed E-state index contributed by atoms with van der Waals surface area (Å²) in [5.74, 6) is -0.197. The van der Waals surface area contributed by atoms with E-state index in [1.54, 1.807) is 18.0 Å². The van der Waals surface area contributed by atoms with Crippen LogP contribution < -0.4 is 5.73 Å². The minimum Gasteiger partial charge on any atom is -0.399 e. The molecule has 0 bridgehead atoms. The number of thiophene rings is 1. The third-order valence-corrected chi connectivity index (χ3v) is 4.88. The van der Waals surface area contributed by atoms with Crippen LogP contribution in [-0.2, 0) is 11.3 Å². The van der Waals surface area contributed by atoms with Crippen molar-refractivity contribution in [3.8, 4) is 0 Å². The summed E-state index contributed by atoms with van der Waals surface area (Å²) < 4.78 is 13.9. The predicted octanol–water partition coefficient (Wildman–Crippen LogP) is 3.87. The molecular weight excluding hydrogens is 331 g/mol. The number of benzene rings is 1. The molecule has 1 aromatic heterocycles. The van der Waals surface area contributed by atoms with Gasteiger partial charge in [-0.3, -0.25) is 4.79 Å². The van der Waals surface area contributed by atoms with E-state index >= 15 is 0 Å². The molecular formula is C14H14ClFN2OS2. The molecule has 2 aromatic rings. The fraction of sp³-hybridized carbons (Fsp3) is 0.214. The summed E-state index contributed by atoms with van der Waals surface area (Å²) >= 11 is 8.58. The van der Waals surface area contributed by atoms with E-state index in [-0.39, 0.29) is 11.7 Å². The first-order chi connectivity index (χ1) is 9.94. The highest BCUT2D eigenvalue weighted by Crippen LogP contribution is 2.24. The minimum absolute atomic E-state index is 0.0349. The lowest BCUT2D eigenvalue weighted by atomic mass is 10.3. The Morgan fingerprint density at radius 2 is 2.19 bits per heavy atom. The Hall–Kier alpha value is -1.24. The van der Waals surface area contributed by atoms with E-state index < -0.39 is 5.82 Å². The van der Waals surface area contributed by atoms with Crippen molar-refractivity contribution >= 4 is 46.3 Å². The number of hydrogen-bond acceptors (Lipinski definition) is 4. The lowest BCUT2D eigenvalue weighted by Gasteiger charge is -2.16. The number of nitrogens with zero attached hydrogens (tertiary/aromatic N) is 1. The van der Waals surface area contributed by atoms with Crippen molar-refractivity contribution in [3.63, 3.8) is 0 Å². The maximum Gasteiger partial charge on any atom is 0.233 e. The molecule has 0 unspecified atom stereocenters. The van der Waals surface area contributed by atoms with Crippen molar-refractivity contribution in [2.75, 3.05) is 18.5 Å².